The van der Waals surface area contributed by atoms with Crippen LogP contribution in [0.2, 0.25) is 10.0 Å². The van der Waals surface area contributed by atoms with Gasteiger partial charge in [-0.25, -0.2) is 18.0 Å². The first-order valence-corrected chi connectivity index (χ1v) is 14.0. The first kappa shape index (κ1) is 32.3. The van der Waals surface area contributed by atoms with Crippen LogP contribution in [0.3, 0.4) is 0 Å². The van der Waals surface area contributed by atoms with Gasteiger partial charge in [-0.15, -0.1) is 0 Å². The predicted molar refractivity (Wildman–Crippen MR) is 154 cm³/mol. The van der Waals surface area contributed by atoms with Gasteiger partial charge in [0.15, 0.2) is 0 Å². The smallest absolute Gasteiger partial charge is 0.411 e. The van der Waals surface area contributed by atoms with E-state index in [1.54, 1.807) is 18.2 Å². The molecule has 0 aliphatic carbocycles. The molecule has 2 heterocycles. The number of carbonyl (C=O) groups excluding carboxylic acids is 1. The van der Waals surface area contributed by atoms with E-state index in [0.29, 0.717) is 39.7 Å². The third-order valence-electron chi connectivity index (χ3n) is 7.25. The summed E-state index contributed by atoms with van der Waals surface area (Å²) in [7, 11) is 0. The first-order chi connectivity index (χ1) is 21.3. The second-order valence-corrected chi connectivity index (χ2v) is 10.9. The number of fused-ring (bicyclic) bond motifs is 1. The van der Waals surface area contributed by atoms with E-state index in [1.165, 1.54) is 12.3 Å². The lowest BCUT2D eigenvalue weighted by molar-refractivity contribution is -0.167. The maximum atomic E-state index is 15.1. The van der Waals surface area contributed by atoms with Crippen LogP contribution in [0.4, 0.5) is 32.0 Å². The minimum absolute atomic E-state index is 0.0196. The van der Waals surface area contributed by atoms with E-state index < -0.39 is 65.4 Å². The predicted octanol–water partition coefficient (Wildman–Crippen LogP) is 6.82. The van der Waals surface area contributed by atoms with Crippen molar-refractivity contribution in [1.29, 1.82) is 0 Å². The van der Waals surface area contributed by atoms with Gasteiger partial charge in [0.2, 0.25) is 0 Å². The van der Waals surface area contributed by atoms with E-state index >= 15 is 8.78 Å². The van der Waals surface area contributed by atoms with Crippen LogP contribution in [0.25, 0.3) is 22.0 Å². The Morgan fingerprint density at radius 3 is 2.36 bits per heavy atom. The van der Waals surface area contributed by atoms with Crippen molar-refractivity contribution in [2.75, 3.05) is 24.7 Å². The standard InChI is InChI=1S/C30H21Cl2F6N3O4/c31-19-9-15(33)10-20(32)25(19)17-4-3-14(27-18(17)2-1-5-39-27)8-23(29(43)44)40-28(42)26-21(34)11-16(12-22(26)35)41-6-7-45-13-24(41)30(36,37)38/h1-5,9-12,23-24H,6-8,13H2,(H,40,42)(H,43,44)/t23?,24-/m1/s1. The van der Waals surface area contributed by atoms with E-state index in [1.807, 2.05) is 0 Å². The lowest BCUT2D eigenvalue weighted by Gasteiger charge is -2.38. The molecule has 0 saturated carbocycles. The molecule has 5 rings (SSSR count). The highest BCUT2D eigenvalue weighted by Crippen LogP contribution is 2.40. The zero-order valence-electron chi connectivity index (χ0n) is 22.8. The number of alkyl halides is 3. The summed E-state index contributed by atoms with van der Waals surface area (Å²) in [5.74, 6) is -6.59. The Bertz CT molecular complexity index is 1760. The molecule has 2 atom stereocenters. The van der Waals surface area contributed by atoms with Crippen LogP contribution in [0.15, 0.2) is 54.7 Å². The number of benzene rings is 3. The van der Waals surface area contributed by atoms with Gasteiger partial charge in [0, 0.05) is 35.8 Å². The molecule has 0 radical (unpaired) electrons. The molecule has 1 aromatic heterocycles. The molecule has 15 heteroatoms. The van der Waals surface area contributed by atoms with E-state index in [-0.39, 0.29) is 29.6 Å². The molecular formula is C30H21Cl2F6N3O4. The van der Waals surface area contributed by atoms with Crippen LogP contribution in [0.1, 0.15) is 15.9 Å². The van der Waals surface area contributed by atoms with Crippen molar-refractivity contribution in [2.45, 2.75) is 24.7 Å². The third-order valence-corrected chi connectivity index (χ3v) is 7.84. The monoisotopic (exact) mass is 671 g/mol. The fraction of sp³-hybridized carbons (Fsp3) is 0.233. The number of carboxylic acid groups (broad SMARTS) is 1. The molecule has 1 aliphatic rings. The molecule has 1 aliphatic heterocycles. The number of ether oxygens (including phenoxy) is 1. The number of carboxylic acids is 1. The number of aliphatic carboxylic acids is 1. The topological polar surface area (TPSA) is 91.8 Å². The van der Waals surface area contributed by atoms with Gasteiger partial charge < -0.3 is 20.1 Å². The number of anilines is 1. The lowest BCUT2D eigenvalue weighted by Crippen LogP contribution is -2.53. The van der Waals surface area contributed by atoms with Crippen LogP contribution in [0, 0.1) is 17.5 Å². The molecule has 3 aromatic carbocycles. The Labute approximate surface area is 261 Å². The lowest BCUT2D eigenvalue weighted by atomic mass is 9.95. The maximum absolute atomic E-state index is 15.1. The third kappa shape index (κ3) is 6.65. The second-order valence-electron chi connectivity index (χ2n) is 10.1. The van der Waals surface area contributed by atoms with Gasteiger partial charge in [-0.1, -0.05) is 41.4 Å². The highest BCUT2D eigenvalue weighted by atomic mass is 35.5. The number of nitrogens with zero attached hydrogens (tertiary/aromatic N) is 2. The summed E-state index contributed by atoms with van der Waals surface area (Å²) in [6.45, 7) is -1.17. The fourth-order valence-electron chi connectivity index (χ4n) is 5.19. The Morgan fingerprint density at radius 2 is 1.73 bits per heavy atom. The van der Waals surface area contributed by atoms with Crippen molar-refractivity contribution in [3.05, 3.63) is 93.4 Å². The minimum Gasteiger partial charge on any atom is -0.480 e. The average Bonchev–Trinajstić information content (AvgIpc) is 2.96. The van der Waals surface area contributed by atoms with Crippen molar-refractivity contribution in [3.63, 3.8) is 0 Å². The number of rotatable bonds is 7. The van der Waals surface area contributed by atoms with Crippen LogP contribution in [-0.2, 0) is 16.0 Å². The Balaban J connectivity index is 1.43. The van der Waals surface area contributed by atoms with Gasteiger partial charge in [0.25, 0.3) is 5.91 Å². The molecule has 7 nitrogen and oxygen atoms in total. The van der Waals surface area contributed by atoms with Gasteiger partial charge in [0.1, 0.15) is 35.1 Å². The fourth-order valence-corrected chi connectivity index (χ4v) is 5.85. The van der Waals surface area contributed by atoms with E-state index in [9.17, 15) is 32.3 Å². The Hall–Kier alpha value is -4.07. The molecule has 1 saturated heterocycles. The number of pyridine rings is 1. The largest absolute Gasteiger partial charge is 0.480 e. The number of amides is 1. The highest BCUT2D eigenvalue weighted by Gasteiger charge is 2.46. The summed E-state index contributed by atoms with van der Waals surface area (Å²) in [5, 5.41) is 12.5. The number of hydrogen-bond donors (Lipinski definition) is 2. The van der Waals surface area contributed by atoms with Crippen molar-refractivity contribution in [3.8, 4) is 11.1 Å². The molecular weight excluding hydrogens is 651 g/mol. The van der Waals surface area contributed by atoms with Crippen molar-refractivity contribution in [1.82, 2.24) is 10.3 Å². The van der Waals surface area contributed by atoms with E-state index in [0.717, 1.165) is 17.0 Å². The minimum atomic E-state index is -4.76. The summed E-state index contributed by atoms with van der Waals surface area (Å²) in [5.41, 5.74) is -0.247. The van der Waals surface area contributed by atoms with Crippen LogP contribution in [0.5, 0.6) is 0 Å². The van der Waals surface area contributed by atoms with E-state index in [2.05, 4.69) is 10.3 Å². The molecule has 45 heavy (non-hydrogen) atoms. The highest BCUT2D eigenvalue weighted by molar-refractivity contribution is 6.39. The first-order valence-electron chi connectivity index (χ1n) is 13.2. The van der Waals surface area contributed by atoms with Gasteiger partial charge >= 0.3 is 12.1 Å². The second kappa shape index (κ2) is 12.7. The van der Waals surface area contributed by atoms with Crippen molar-refractivity contribution in [2.24, 2.45) is 0 Å². The number of hydrogen-bond acceptors (Lipinski definition) is 5. The number of aromatic nitrogens is 1. The summed E-state index contributed by atoms with van der Waals surface area (Å²) in [6, 6.07) is 5.76. The quantitative estimate of drug-likeness (QED) is 0.210. The zero-order chi connectivity index (χ0) is 32.6. The van der Waals surface area contributed by atoms with Crippen LogP contribution >= 0.6 is 23.2 Å². The summed E-state index contributed by atoms with van der Waals surface area (Å²) in [4.78, 5) is 30.2. The summed E-state index contributed by atoms with van der Waals surface area (Å²) >= 11 is 12.5. The number of halogens is 8. The molecule has 0 bridgehead atoms. The van der Waals surface area contributed by atoms with Gasteiger partial charge in [-0.3, -0.25) is 9.78 Å². The SMILES string of the molecule is O=C(NC(Cc1ccc(-c2c(Cl)cc(F)cc2Cl)c2cccnc12)C(=O)O)c1c(F)cc(N2CCOC[C@@H]2C(F)(F)F)cc1F. The Kier molecular flexibility index (Phi) is 9.15. The molecule has 4 aromatic rings. The van der Waals surface area contributed by atoms with Crippen LogP contribution in [-0.4, -0.2) is 60.0 Å². The number of nitrogens with one attached hydrogen (secondary N) is 1. The average molecular weight is 672 g/mol. The Morgan fingerprint density at radius 1 is 1.07 bits per heavy atom. The van der Waals surface area contributed by atoms with Crippen molar-refractivity contribution >= 4 is 51.7 Å². The molecule has 1 amide bonds. The molecule has 236 valence electrons. The van der Waals surface area contributed by atoms with Gasteiger partial charge in [0.05, 0.1) is 28.8 Å². The normalized spacial score (nSPS) is 16.1. The van der Waals surface area contributed by atoms with E-state index in [4.69, 9.17) is 27.9 Å². The van der Waals surface area contributed by atoms with Gasteiger partial charge in [-0.2, -0.15) is 13.2 Å². The van der Waals surface area contributed by atoms with Gasteiger partial charge in [-0.05, 0) is 41.5 Å². The maximum Gasteiger partial charge on any atom is 0.411 e. The van der Waals surface area contributed by atoms with Crippen molar-refractivity contribution < 1.29 is 45.8 Å². The summed E-state index contributed by atoms with van der Waals surface area (Å²) < 4.78 is 89.3. The van der Waals surface area contributed by atoms with Crippen LogP contribution < -0.4 is 10.2 Å². The zero-order valence-corrected chi connectivity index (χ0v) is 24.3. The molecule has 0 spiro atoms. The number of carbonyl (C=O) groups is 2. The summed E-state index contributed by atoms with van der Waals surface area (Å²) in [6.07, 6.45) is -3.71. The molecule has 1 unspecified atom stereocenters. The molecule has 2 N–H and O–H groups in total. The number of morpholine rings is 1. The molecule has 1 fully saturated rings.